The van der Waals surface area contributed by atoms with Gasteiger partial charge in [0, 0.05) is 14.1 Å². The fourth-order valence-corrected chi connectivity index (χ4v) is 3.86. The zero-order valence-corrected chi connectivity index (χ0v) is 14.5. The second-order valence-electron chi connectivity index (χ2n) is 4.82. The summed E-state index contributed by atoms with van der Waals surface area (Å²) in [4.78, 5) is 38.6. The number of nitrogens with zero attached hydrogens (tertiary/aromatic N) is 4. The number of rotatable bonds is 4. The third-order valence-corrected chi connectivity index (χ3v) is 5.51. The lowest BCUT2D eigenvalue weighted by Gasteiger charge is -2.12. The van der Waals surface area contributed by atoms with E-state index in [-0.39, 0.29) is 23.7 Å². The van der Waals surface area contributed by atoms with Crippen LogP contribution in [0.1, 0.15) is 20.7 Å². The first-order chi connectivity index (χ1) is 11.5. The summed E-state index contributed by atoms with van der Waals surface area (Å²) in [5.41, 5.74) is 0.834. The highest BCUT2D eigenvalue weighted by atomic mass is 32.2. The first kappa shape index (κ1) is 16.4. The molecule has 1 N–H and O–H groups in total. The molecule has 0 spiro atoms. The minimum absolute atomic E-state index is 0.144. The van der Waals surface area contributed by atoms with E-state index in [1.54, 1.807) is 31.3 Å². The fourth-order valence-electron chi connectivity index (χ4n) is 2.13. The van der Waals surface area contributed by atoms with Gasteiger partial charge >= 0.3 is 6.03 Å². The van der Waals surface area contributed by atoms with E-state index >= 15 is 0 Å². The van der Waals surface area contributed by atoms with Gasteiger partial charge < -0.3 is 5.32 Å². The number of anilines is 1. The van der Waals surface area contributed by atoms with Crippen LogP contribution in [0.5, 0.6) is 0 Å². The van der Waals surface area contributed by atoms with Gasteiger partial charge in [-0.3, -0.25) is 19.4 Å². The molecule has 1 aliphatic heterocycles. The van der Waals surface area contributed by atoms with Gasteiger partial charge in [0.05, 0.1) is 17.0 Å². The summed E-state index contributed by atoms with van der Waals surface area (Å²) in [7, 11) is 3.11. The Kier molecular flexibility index (Phi) is 4.49. The van der Waals surface area contributed by atoms with Crippen molar-refractivity contribution >= 4 is 46.1 Å². The van der Waals surface area contributed by atoms with E-state index in [0.29, 0.717) is 20.6 Å². The van der Waals surface area contributed by atoms with Crippen LogP contribution in [0, 0.1) is 0 Å². The van der Waals surface area contributed by atoms with Crippen molar-refractivity contribution in [2.75, 3.05) is 24.9 Å². The van der Waals surface area contributed by atoms with Gasteiger partial charge in [0.25, 0.3) is 11.8 Å². The van der Waals surface area contributed by atoms with Crippen molar-refractivity contribution in [1.29, 1.82) is 0 Å². The number of imide groups is 1. The quantitative estimate of drug-likeness (QED) is 0.504. The summed E-state index contributed by atoms with van der Waals surface area (Å²) in [6.45, 7) is 0. The highest BCUT2D eigenvalue weighted by Crippen LogP contribution is 2.30. The first-order valence-electron chi connectivity index (χ1n) is 6.90. The third kappa shape index (κ3) is 2.85. The Hall–Kier alpha value is -2.46. The normalized spacial score (nSPS) is 13.2. The molecule has 1 aromatic heterocycles. The van der Waals surface area contributed by atoms with Crippen LogP contribution in [-0.2, 0) is 0 Å². The smallest absolute Gasteiger partial charge is 0.323 e. The Morgan fingerprint density at radius 3 is 2.46 bits per heavy atom. The van der Waals surface area contributed by atoms with Gasteiger partial charge in [0.1, 0.15) is 0 Å². The van der Waals surface area contributed by atoms with Crippen LogP contribution in [0.15, 0.2) is 28.6 Å². The molecule has 1 aromatic carbocycles. The molecule has 4 amide bonds. The number of aromatic nitrogens is 2. The topological polar surface area (TPSA) is 95.5 Å². The van der Waals surface area contributed by atoms with Gasteiger partial charge in [-0.1, -0.05) is 35.2 Å². The lowest BCUT2D eigenvalue weighted by atomic mass is 10.1. The summed E-state index contributed by atoms with van der Waals surface area (Å²) in [6, 6.07) is 6.44. The molecular formula is C14H13N5O3S2. The maximum atomic E-state index is 12.3. The van der Waals surface area contributed by atoms with Crippen LogP contribution in [0.2, 0.25) is 0 Å². The Morgan fingerprint density at radius 2 is 1.88 bits per heavy atom. The second-order valence-corrected chi connectivity index (χ2v) is 6.97. The summed E-state index contributed by atoms with van der Waals surface area (Å²) in [5, 5.41) is 10.8. The summed E-state index contributed by atoms with van der Waals surface area (Å²) in [5.74, 6) is -0.476. The number of urea groups is 1. The summed E-state index contributed by atoms with van der Waals surface area (Å²) >= 11 is 2.44. The van der Waals surface area contributed by atoms with Crippen molar-refractivity contribution in [3.8, 4) is 0 Å². The lowest BCUT2D eigenvalue weighted by Crippen LogP contribution is -2.34. The molecule has 0 atom stereocenters. The van der Waals surface area contributed by atoms with Crippen LogP contribution >= 0.6 is 23.1 Å². The van der Waals surface area contributed by atoms with Crippen molar-refractivity contribution in [3.63, 3.8) is 0 Å². The number of thioether (sulfide) groups is 1. The van der Waals surface area contributed by atoms with E-state index in [0.717, 1.165) is 0 Å². The average molecular weight is 363 g/mol. The minimum atomic E-state index is -0.310. The largest absolute Gasteiger partial charge is 0.341 e. The Morgan fingerprint density at radius 1 is 1.25 bits per heavy atom. The van der Waals surface area contributed by atoms with Crippen LogP contribution in [0.4, 0.5) is 9.93 Å². The standard InChI is InChI=1S/C14H13N5O3S2/c1-15-12(22)18(2)13-16-17-14(24-13)23-7-19-10(20)8-5-3-4-6-9(8)11(19)21/h3-6H,7H2,1-2H3,(H,15,22). The molecule has 0 saturated carbocycles. The number of carbonyl (C=O) groups is 3. The molecule has 24 heavy (non-hydrogen) atoms. The fraction of sp³-hybridized carbons (Fsp3) is 0.214. The van der Waals surface area contributed by atoms with Gasteiger partial charge in [0.2, 0.25) is 5.13 Å². The molecular weight excluding hydrogens is 350 g/mol. The van der Waals surface area contributed by atoms with E-state index in [4.69, 9.17) is 0 Å². The molecule has 10 heteroatoms. The number of amides is 4. The number of benzene rings is 1. The van der Waals surface area contributed by atoms with Gasteiger partial charge in [-0.2, -0.15) is 0 Å². The molecule has 124 valence electrons. The van der Waals surface area contributed by atoms with Gasteiger partial charge in [-0.05, 0) is 12.1 Å². The molecule has 0 radical (unpaired) electrons. The first-order valence-corrected chi connectivity index (χ1v) is 8.70. The molecule has 0 bridgehead atoms. The van der Waals surface area contributed by atoms with Crippen molar-refractivity contribution in [1.82, 2.24) is 20.4 Å². The molecule has 0 unspecified atom stereocenters. The molecule has 2 heterocycles. The number of fused-ring (bicyclic) bond motifs is 1. The van der Waals surface area contributed by atoms with Gasteiger partial charge in [-0.25, -0.2) is 4.79 Å². The lowest BCUT2D eigenvalue weighted by molar-refractivity contribution is 0.0684. The monoisotopic (exact) mass is 363 g/mol. The van der Waals surface area contributed by atoms with E-state index in [1.165, 1.54) is 39.9 Å². The molecule has 3 rings (SSSR count). The highest BCUT2D eigenvalue weighted by molar-refractivity contribution is 8.01. The predicted octanol–water partition coefficient (Wildman–Crippen LogP) is 1.66. The average Bonchev–Trinajstić information content (AvgIpc) is 3.17. The van der Waals surface area contributed by atoms with Gasteiger partial charge in [-0.15, -0.1) is 10.2 Å². The predicted molar refractivity (Wildman–Crippen MR) is 90.4 cm³/mol. The number of nitrogens with one attached hydrogen (secondary N) is 1. The molecule has 0 saturated heterocycles. The highest BCUT2D eigenvalue weighted by Gasteiger charge is 2.35. The Balaban J connectivity index is 1.67. The summed E-state index contributed by atoms with van der Waals surface area (Å²) in [6.07, 6.45) is 0. The van der Waals surface area contributed by atoms with Crippen molar-refractivity contribution in [2.24, 2.45) is 0 Å². The van der Waals surface area contributed by atoms with Crippen LogP contribution < -0.4 is 10.2 Å². The molecule has 1 aliphatic rings. The van der Waals surface area contributed by atoms with Crippen molar-refractivity contribution in [3.05, 3.63) is 35.4 Å². The Labute approximate surface area is 145 Å². The van der Waals surface area contributed by atoms with E-state index in [9.17, 15) is 14.4 Å². The minimum Gasteiger partial charge on any atom is -0.341 e. The molecule has 0 aliphatic carbocycles. The Bertz CT molecular complexity index is 787. The van der Waals surface area contributed by atoms with Gasteiger partial charge in [0.15, 0.2) is 4.34 Å². The maximum Gasteiger partial charge on any atom is 0.323 e. The van der Waals surface area contributed by atoms with Crippen molar-refractivity contribution in [2.45, 2.75) is 4.34 Å². The SMILES string of the molecule is CNC(=O)N(C)c1nnc(SCN2C(=O)c3ccccc3C2=O)s1. The number of carbonyl (C=O) groups excluding carboxylic acids is 3. The van der Waals surface area contributed by atoms with Crippen LogP contribution in [0.3, 0.4) is 0 Å². The van der Waals surface area contributed by atoms with E-state index in [1.807, 2.05) is 0 Å². The maximum absolute atomic E-state index is 12.3. The summed E-state index contributed by atoms with van der Waals surface area (Å²) < 4.78 is 0.567. The molecule has 0 fully saturated rings. The van der Waals surface area contributed by atoms with Crippen LogP contribution in [-0.4, -0.2) is 52.9 Å². The third-order valence-electron chi connectivity index (χ3n) is 3.40. The van der Waals surface area contributed by atoms with E-state index in [2.05, 4.69) is 15.5 Å². The van der Waals surface area contributed by atoms with Crippen molar-refractivity contribution < 1.29 is 14.4 Å². The second kappa shape index (κ2) is 6.57. The van der Waals surface area contributed by atoms with Crippen LogP contribution in [0.25, 0.3) is 0 Å². The zero-order chi connectivity index (χ0) is 17.3. The number of hydrogen-bond acceptors (Lipinski definition) is 7. The number of hydrogen-bond donors (Lipinski definition) is 1. The molecule has 8 nitrogen and oxygen atoms in total. The van der Waals surface area contributed by atoms with E-state index < -0.39 is 0 Å². The zero-order valence-electron chi connectivity index (χ0n) is 12.8. The molecule has 2 aromatic rings.